The highest BCUT2D eigenvalue weighted by Gasteiger charge is 2.26. The number of nitrogens with two attached hydrogens (primary N) is 1. The third-order valence-electron chi connectivity index (χ3n) is 4.91. The summed E-state index contributed by atoms with van der Waals surface area (Å²) < 4.78 is 0.867. The van der Waals surface area contributed by atoms with Gasteiger partial charge in [0.15, 0.2) is 0 Å². The molecule has 0 radical (unpaired) electrons. The van der Waals surface area contributed by atoms with Crippen LogP contribution in [0.5, 0.6) is 0 Å². The van der Waals surface area contributed by atoms with Gasteiger partial charge >= 0.3 is 0 Å². The second-order valence-corrected chi connectivity index (χ2v) is 8.06. The molecule has 4 aromatic rings. The number of hydrogen-bond donors (Lipinski definition) is 1. The average Bonchev–Trinajstić information content (AvgIpc) is 2.78. The number of nitrogen functional groups attached to an aromatic ring is 1. The van der Waals surface area contributed by atoms with Gasteiger partial charge in [0.05, 0.1) is 34.9 Å². The smallest absolute Gasteiger partial charge is 0.256 e. The first-order chi connectivity index (χ1) is 14.9. The quantitative estimate of drug-likeness (QED) is 0.464. The van der Waals surface area contributed by atoms with Crippen molar-refractivity contribution in [2.75, 3.05) is 5.73 Å². The van der Waals surface area contributed by atoms with E-state index >= 15 is 0 Å². The normalized spacial score (nSPS) is 12.0. The number of pyridine rings is 3. The molecule has 4 heterocycles. The Bertz CT molecular complexity index is 1230. The standard InChI is InChI=1S/C22H20BrN7O/c1-13-8-19(24)29-18-9-15(10-28-20(13)18)22(31)30(12-17-5-4-16(23)11-27-17)14(2)21-25-6-3-7-26-21/h3-11,14H,12H2,1-2H3,(H2,24,29)/t14-/m1/s1. The van der Waals surface area contributed by atoms with Crippen LogP contribution in [0.25, 0.3) is 11.0 Å². The molecule has 0 aromatic carbocycles. The minimum Gasteiger partial charge on any atom is -0.384 e. The Morgan fingerprint density at radius 3 is 2.61 bits per heavy atom. The molecule has 0 unspecified atom stereocenters. The lowest BCUT2D eigenvalue weighted by atomic mass is 10.1. The maximum atomic E-state index is 13.6. The minimum atomic E-state index is -0.384. The molecule has 0 saturated carbocycles. The van der Waals surface area contributed by atoms with E-state index < -0.39 is 0 Å². The zero-order valence-electron chi connectivity index (χ0n) is 17.0. The van der Waals surface area contributed by atoms with Crippen LogP contribution >= 0.6 is 15.9 Å². The molecule has 0 aliphatic rings. The number of aromatic nitrogens is 5. The van der Waals surface area contributed by atoms with E-state index in [1.165, 1.54) is 0 Å². The van der Waals surface area contributed by atoms with Gasteiger partial charge in [0, 0.05) is 29.3 Å². The zero-order chi connectivity index (χ0) is 22.0. The lowest BCUT2D eigenvalue weighted by Gasteiger charge is -2.28. The molecule has 1 amide bonds. The van der Waals surface area contributed by atoms with E-state index in [-0.39, 0.29) is 18.5 Å². The van der Waals surface area contributed by atoms with Gasteiger partial charge in [-0.2, -0.15) is 0 Å². The molecule has 156 valence electrons. The van der Waals surface area contributed by atoms with E-state index in [0.29, 0.717) is 28.2 Å². The Balaban J connectivity index is 1.73. The number of fused-ring (bicyclic) bond motifs is 1. The summed E-state index contributed by atoms with van der Waals surface area (Å²) in [5.41, 5.74) is 9.23. The molecule has 9 heteroatoms. The SMILES string of the molecule is Cc1cc(N)nc2cc(C(=O)N(Cc3ccc(Br)cn3)[C@H](C)c3ncccn3)cnc12. The summed E-state index contributed by atoms with van der Waals surface area (Å²) in [4.78, 5) is 37.1. The fourth-order valence-electron chi connectivity index (χ4n) is 3.31. The molecule has 0 saturated heterocycles. The molecule has 0 aliphatic carbocycles. The van der Waals surface area contributed by atoms with Crippen LogP contribution in [-0.4, -0.2) is 35.7 Å². The van der Waals surface area contributed by atoms with Crippen LogP contribution in [0.3, 0.4) is 0 Å². The molecular weight excluding hydrogens is 458 g/mol. The van der Waals surface area contributed by atoms with Crippen molar-refractivity contribution >= 4 is 38.7 Å². The van der Waals surface area contributed by atoms with Gasteiger partial charge in [-0.15, -0.1) is 0 Å². The largest absolute Gasteiger partial charge is 0.384 e. The number of hydrogen-bond acceptors (Lipinski definition) is 7. The highest BCUT2D eigenvalue weighted by molar-refractivity contribution is 9.10. The lowest BCUT2D eigenvalue weighted by molar-refractivity contribution is 0.0663. The van der Waals surface area contributed by atoms with Crippen molar-refractivity contribution in [2.45, 2.75) is 26.4 Å². The Labute approximate surface area is 187 Å². The van der Waals surface area contributed by atoms with Gasteiger partial charge in [0.25, 0.3) is 5.91 Å². The molecule has 4 rings (SSSR count). The highest BCUT2D eigenvalue weighted by atomic mass is 79.9. The number of halogens is 1. The first-order valence-electron chi connectivity index (χ1n) is 9.63. The van der Waals surface area contributed by atoms with Gasteiger partial charge in [0.1, 0.15) is 11.6 Å². The van der Waals surface area contributed by atoms with Crippen LogP contribution in [0, 0.1) is 6.92 Å². The maximum absolute atomic E-state index is 13.6. The second-order valence-electron chi connectivity index (χ2n) is 7.14. The fraction of sp³-hybridized carbons (Fsp3) is 0.182. The van der Waals surface area contributed by atoms with Gasteiger partial charge in [0.2, 0.25) is 0 Å². The van der Waals surface area contributed by atoms with Crippen LogP contribution in [-0.2, 0) is 6.54 Å². The van der Waals surface area contributed by atoms with Crippen LogP contribution in [0.15, 0.2) is 59.6 Å². The van der Waals surface area contributed by atoms with Crippen molar-refractivity contribution in [3.05, 3.63) is 82.2 Å². The molecule has 4 aromatic heterocycles. The van der Waals surface area contributed by atoms with E-state index in [1.807, 2.05) is 26.0 Å². The minimum absolute atomic E-state index is 0.221. The Morgan fingerprint density at radius 2 is 1.90 bits per heavy atom. The van der Waals surface area contributed by atoms with E-state index in [1.54, 1.807) is 47.9 Å². The highest BCUT2D eigenvalue weighted by Crippen LogP contribution is 2.24. The third-order valence-corrected chi connectivity index (χ3v) is 5.38. The monoisotopic (exact) mass is 477 g/mol. The molecule has 8 nitrogen and oxygen atoms in total. The summed E-state index contributed by atoms with van der Waals surface area (Å²) in [6.45, 7) is 4.09. The number of carbonyl (C=O) groups is 1. The van der Waals surface area contributed by atoms with Crippen molar-refractivity contribution in [1.29, 1.82) is 0 Å². The van der Waals surface area contributed by atoms with Gasteiger partial charge in [-0.25, -0.2) is 15.0 Å². The van der Waals surface area contributed by atoms with Crippen molar-refractivity contribution in [3.8, 4) is 0 Å². The predicted octanol–water partition coefficient (Wildman–Crippen LogP) is 3.87. The van der Waals surface area contributed by atoms with E-state index in [0.717, 1.165) is 15.7 Å². The van der Waals surface area contributed by atoms with Crippen LogP contribution in [0.4, 0.5) is 5.82 Å². The first-order valence-corrected chi connectivity index (χ1v) is 10.4. The second kappa shape index (κ2) is 8.73. The summed E-state index contributed by atoms with van der Waals surface area (Å²) >= 11 is 3.39. The molecule has 0 fully saturated rings. The number of nitrogens with zero attached hydrogens (tertiary/aromatic N) is 6. The lowest BCUT2D eigenvalue weighted by Crippen LogP contribution is -2.34. The molecule has 1 atom stereocenters. The summed E-state index contributed by atoms with van der Waals surface area (Å²) in [6, 6.07) is 8.59. The van der Waals surface area contributed by atoms with Gasteiger partial charge < -0.3 is 10.6 Å². The van der Waals surface area contributed by atoms with Crippen LogP contribution in [0.1, 0.15) is 40.4 Å². The summed E-state index contributed by atoms with van der Waals surface area (Å²) in [7, 11) is 0. The van der Waals surface area contributed by atoms with Crippen molar-refractivity contribution in [3.63, 3.8) is 0 Å². The molecular formula is C22H20BrN7O. The van der Waals surface area contributed by atoms with E-state index in [4.69, 9.17) is 5.73 Å². The number of anilines is 1. The van der Waals surface area contributed by atoms with Crippen molar-refractivity contribution in [2.24, 2.45) is 0 Å². The fourth-order valence-corrected chi connectivity index (χ4v) is 3.55. The number of rotatable bonds is 5. The van der Waals surface area contributed by atoms with Crippen LogP contribution in [0.2, 0.25) is 0 Å². The molecule has 0 bridgehead atoms. The van der Waals surface area contributed by atoms with E-state index in [2.05, 4.69) is 40.8 Å². The third kappa shape index (κ3) is 4.51. The molecule has 0 spiro atoms. The van der Waals surface area contributed by atoms with Crippen molar-refractivity contribution < 1.29 is 4.79 Å². The van der Waals surface area contributed by atoms with E-state index in [9.17, 15) is 4.79 Å². The van der Waals surface area contributed by atoms with Gasteiger partial charge in [-0.3, -0.25) is 14.8 Å². The van der Waals surface area contributed by atoms with Gasteiger partial charge in [-0.05, 0) is 65.7 Å². The topological polar surface area (TPSA) is 111 Å². The average molecular weight is 478 g/mol. The predicted molar refractivity (Wildman–Crippen MR) is 121 cm³/mol. The Hall–Kier alpha value is -3.46. The summed E-state index contributed by atoms with van der Waals surface area (Å²) in [6.07, 6.45) is 6.59. The first kappa shape index (κ1) is 20.8. The molecule has 0 aliphatic heterocycles. The molecule has 2 N–H and O–H groups in total. The van der Waals surface area contributed by atoms with Crippen molar-refractivity contribution in [1.82, 2.24) is 29.8 Å². The number of carbonyl (C=O) groups excluding carboxylic acids is 1. The summed E-state index contributed by atoms with van der Waals surface area (Å²) in [5, 5.41) is 0. The summed E-state index contributed by atoms with van der Waals surface area (Å²) in [5.74, 6) is 0.708. The Kier molecular flexibility index (Phi) is 5.85. The zero-order valence-corrected chi connectivity index (χ0v) is 18.6. The molecule has 31 heavy (non-hydrogen) atoms. The van der Waals surface area contributed by atoms with Crippen LogP contribution < -0.4 is 5.73 Å². The Morgan fingerprint density at radius 1 is 1.13 bits per heavy atom. The van der Waals surface area contributed by atoms with Gasteiger partial charge in [-0.1, -0.05) is 0 Å². The number of amides is 1. The maximum Gasteiger partial charge on any atom is 0.256 e. The number of aryl methyl sites for hydroxylation is 1.